The minimum absolute atomic E-state index is 0.353. The lowest BCUT2D eigenvalue weighted by molar-refractivity contribution is 0.134. The van der Waals surface area contributed by atoms with Crippen molar-refractivity contribution in [3.8, 4) is 0 Å². The summed E-state index contributed by atoms with van der Waals surface area (Å²) in [4.78, 5) is 2.75. The van der Waals surface area contributed by atoms with Gasteiger partial charge in [0.2, 0.25) is 0 Å². The van der Waals surface area contributed by atoms with E-state index in [2.05, 4.69) is 72.6 Å². The van der Waals surface area contributed by atoms with Crippen molar-refractivity contribution in [1.82, 2.24) is 4.90 Å². The molecule has 2 saturated heterocycles. The molecule has 0 saturated carbocycles. The van der Waals surface area contributed by atoms with E-state index in [-0.39, 0.29) is 0 Å². The molecule has 0 aromatic heterocycles. The predicted molar refractivity (Wildman–Crippen MR) is 92.4 cm³/mol. The van der Waals surface area contributed by atoms with E-state index in [0.29, 0.717) is 5.54 Å². The largest absolute Gasteiger partial charge is 0.291 e. The van der Waals surface area contributed by atoms with E-state index in [4.69, 9.17) is 0 Å². The molecule has 2 fully saturated rings. The molecule has 0 radical (unpaired) electrons. The summed E-state index contributed by atoms with van der Waals surface area (Å²) in [7, 11) is 0. The first kappa shape index (κ1) is 14.8. The van der Waals surface area contributed by atoms with Crippen molar-refractivity contribution < 1.29 is 0 Å². The number of thioether (sulfide) groups is 2. The van der Waals surface area contributed by atoms with E-state index in [0.717, 1.165) is 17.0 Å². The molecule has 20 heavy (non-hydrogen) atoms. The predicted octanol–water partition coefficient (Wildman–Crippen LogP) is 4.48. The summed E-state index contributed by atoms with van der Waals surface area (Å²) in [6.45, 7) is 7.34. The van der Waals surface area contributed by atoms with Crippen molar-refractivity contribution in [2.24, 2.45) is 5.92 Å². The highest BCUT2D eigenvalue weighted by molar-refractivity contribution is 8.17. The maximum atomic E-state index is 2.75. The van der Waals surface area contributed by atoms with Crippen LogP contribution in [0.5, 0.6) is 0 Å². The van der Waals surface area contributed by atoms with Crippen LogP contribution in [0, 0.1) is 5.92 Å². The van der Waals surface area contributed by atoms with Crippen LogP contribution in [0.4, 0.5) is 0 Å². The van der Waals surface area contributed by atoms with Crippen LogP contribution in [-0.4, -0.2) is 33.1 Å². The molecule has 0 amide bonds. The quantitative estimate of drug-likeness (QED) is 0.810. The van der Waals surface area contributed by atoms with Gasteiger partial charge in [0.15, 0.2) is 0 Å². The number of benzene rings is 1. The third-order valence-electron chi connectivity index (χ3n) is 5.03. The van der Waals surface area contributed by atoms with E-state index < -0.39 is 0 Å². The fourth-order valence-electron chi connectivity index (χ4n) is 3.45. The third kappa shape index (κ3) is 2.77. The maximum absolute atomic E-state index is 2.75. The molecule has 3 heteroatoms. The smallest absolute Gasteiger partial charge is 0.0686 e. The van der Waals surface area contributed by atoms with E-state index >= 15 is 0 Å². The summed E-state index contributed by atoms with van der Waals surface area (Å²) in [5.41, 5.74) is 1.81. The number of nitrogens with zero attached hydrogens (tertiary/aromatic N) is 1. The molecule has 0 aliphatic carbocycles. The first-order valence-corrected chi connectivity index (χ1v) is 9.83. The SMILES string of the molecule is C[C@H]1CCN(Cc2ccccc2)[C@]1(C)C1SCCCS1. The van der Waals surface area contributed by atoms with Crippen molar-refractivity contribution >= 4 is 23.5 Å². The molecule has 0 spiro atoms. The standard InChI is InChI=1S/C17H25NS2/c1-14-9-10-18(13-15-7-4-3-5-8-15)17(14,2)16-19-11-6-12-20-16/h3-5,7-8,14,16H,6,9-13H2,1-2H3/t14-,17-/m0/s1. The fourth-order valence-corrected chi connectivity index (χ4v) is 7.09. The van der Waals surface area contributed by atoms with Gasteiger partial charge in [-0.15, -0.1) is 23.5 Å². The molecular weight excluding hydrogens is 282 g/mol. The lowest BCUT2D eigenvalue weighted by atomic mass is 9.89. The lowest BCUT2D eigenvalue weighted by Crippen LogP contribution is -2.51. The molecule has 1 aromatic carbocycles. The highest BCUT2D eigenvalue weighted by Gasteiger charge is 2.48. The van der Waals surface area contributed by atoms with Crippen LogP contribution in [0.25, 0.3) is 0 Å². The maximum Gasteiger partial charge on any atom is 0.0686 e. The Hall–Kier alpha value is -0.120. The molecule has 1 aromatic rings. The summed E-state index contributed by atoms with van der Waals surface area (Å²) >= 11 is 4.40. The van der Waals surface area contributed by atoms with Crippen LogP contribution in [-0.2, 0) is 6.54 Å². The van der Waals surface area contributed by atoms with Crippen LogP contribution in [0.3, 0.4) is 0 Å². The average Bonchev–Trinajstić information content (AvgIpc) is 2.79. The number of likely N-dealkylation sites (tertiary alicyclic amines) is 1. The van der Waals surface area contributed by atoms with Crippen molar-refractivity contribution in [2.75, 3.05) is 18.1 Å². The Bertz CT molecular complexity index is 430. The van der Waals surface area contributed by atoms with Gasteiger partial charge in [0.1, 0.15) is 0 Å². The highest BCUT2D eigenvalue weighted by Crippen LogP contribution is 2.48. The molecule has 2 aliphatic heterocycles. The molecule has 110 valence electrons. The van der Waals surface area contributed by atoms with E-state index in [1.165, 1.54) is 36.5 Å². The van der Waals surface area contributed by atoms with Gasteiger partial charge in [0.05, 0.1) is 4.58 Å². The highest BCUT2D eigenvalue weighted by atomic mass is 32.2. The van der Waals surface area contributed by atoms with E-state index in [1.807, 2.05) is 0 Å². The summed E-state index contributed by atoms with van der Waals surface area (Å²) in [5.74, 6) is 3.49. The second kappa shape index (κ2) is 6.33. The molecular formula is C17H25NS2. The van der Waals surface area contributed by atoms with Gasteiger partial charge in [-0.1, -0.05) is 37.3 Å². The van der Waals surface area contributed by atoms with Crippen LogP contribution in [0.1, 0.15) is 32.3 Å². The topological polar surface area (TPSA) is 3.24 Å². The van der Waals surface area contributed by atoms with Gasteiger partial charge in [0.25, 0.3) is 0 Å². The Morgan fingerprint density at radius 3 is 2.60 bits per heavy atom. The van der Waals surface area contributed by atoms with Crippen LogP contribution in [0.15, 0.2) is 30.3 Å². The zero-order valence-electron chi connectivity index (χ0n) is 12.5. The first-order valence-electron chi connectivity index (χ1n) is 7.73. The number of rotatable bonds is 3. The van der Waals surface area contributed by atoms with Gasteiger partial charge in [-0.05, 0) is 49.3 Å². The molecule has 2 heterocycles. The minimum atomic E-state index is 0.353. The van der Waals surface area contributed by atoms with Crippen molar-refractivity contribution in [3.63, 3.8) is 0 Å². The Kier molecular flexibility index (Phi) is 4.68. The van der Waals surface area contributed by atoms with Gasteiger partial charge >= 0.3 is 0 Å². The zero-order valence-corrected chi connectivity index (χ0v) is 14.2. The molecule has 0 bridgehead atoms. The Morgan fingerprint density at radius 1 is 1.20 bits per heavy atom. The van der Waals surface area contributed by atoms with Crippen LogP contribution >= 0.6 is 23.5 Å². The summed E-state index contributed by atoms with van der Waals surface area (Å²) in [5, 5.41) is 0. The second-order valence-electron chi connectivity index (χ2n) is 6.25. The van der Waals surface area contributed by atoms with Crippen LogP contribution < -0.4 is 0 Å². The van der Waals surface area contributed by atoms with Gasteiger partial charge in [-0.3, -0.25) is 4.90 Å². The summed E-state index contributed by atoms with van der Waals surface area (Å²) in [6, 6.07) is 11.0. The number of hydrogen-bond donors (Lipinski definition) is 0. The van der Waals surface area contributed by atoms with Gasteiger partial charge in [0, 0.05) is 12.1 Å². The fraction of sp³-hybridized carbons (Fsp3) is 0.647. The first-order chi connectivity index (χ1) is 9.71. The second-order valence-corrected chi connectivity index (χ2v) is 8.97. The summed E-state index contributed by atoms with van der Waals surface area (Å²) in [6.07, 6.45) is 2.73. The van der Waals surface area contributed by atoms with E-state index in [9.17, 15) is 0 Å². The molecule has 1 nitrogen and oxygen atoms in total. The molecule has 2 atom stereocenters. The minimum Gasteiger partial charge on any atom is -0.291 e. The van der Waals surface area contributed by atoms with Gasteiger partial charge < -0.3 is 0 Å². The molecule has 3 rings (SSSR count). The normalized spacial score (nSPS) is 32.6. The van der Waals surface area contributed by atoms with Crippen molar-refractivity contribution in [2.45, 2.75) is 43.4 Å². The van der Waals surface area contributed by atoms with Crippen LogP contribution in [0.2, 0.25) is 0 Å². The third-order valence-corrected chi connectivity index (χ3v) is 8.46. The molecule has 2 aliphatic rings. The Morgan fingerprint density at radius 2 is 1.90 bits per heavy atom. The van der Waals surface area contributed by atoms with Gasteiger partial charge in [-0.2, -0.15) is 0 Å². The molecule has 0 N–H and O–H groups in total. The molecule has 0 unspecified atom stereocenters. The van der Waals surface area contributed by atoms with Crippen molar-refractivity contribution in [1.29, 1.82) is 0 Å². The summed E-state index contributed by atoms with van der Waals surface area (Å²) < 4.78 is 0.748. The average molecular weight is 308 g/mol. The lowest BCUT2D eigenvalue weighted by Gasteiger charge is -2.45. The van der Waals surface area contributed by atoms with Crippen molar-refractivity contribution in [3.05, 3.63) is 35.9 Å². The Balaban J connectivity index is 1.78. The monoisotopic (exact) mass is 307 g/mol. The Labute approximate surface area is 131 Å². The number of hydrogen-bond acceptors (Lipinski definition) is 3. The van der Waals surface area contributed by atoms with Gasteiger partial charge in [-0.25, -0.2) is 0 Å². The van der Waals surface area contributed by atoms with E-state index in [1.54, 1.807) is 0 Å². The zero-order chi connectivity index (χ0) is 14.0.